The molecule has 0 spiro atoms. The molecule has 1 saturated heterocycles. The number of nitrogens with zero attached hydrogens (tertiary/aromatic N) is 1. The van der Waals surface area contributed by atoms with Gasteiger partial charge in [-0.25, -0.2) is 8.42 Å². The molecule has 2 fully saturated rings. The highest BCUT2D eigenvalue weighted by molar-refractivity contribution is 7.91. The van der Waals surface area contributed by atoms with Crippen LogP contribution in [0.5, 0.6) is 0 Å². The molecule has 0 aromatic heterocycles. The van der Waals surface area contributed by atoms with E-state index >= 15 is 0 Å². The van der Waals surface area contributed by atoms with E-state index in [1.54, 1.807) is 0 Å². The summed E-state index contributed by atoms with van der Waals surface area (Å²) in [6.45, 7) is 6.34. The van der Waals surface area contributed by atoms with Crippen LogP contribution in [0.3, 0.4) is 0 Å². The molecule has 0 aromatic carbocycles. The number of nitrogens with one attached hydrogen (secondary N) is 1. The third kappa shape index (κ3) is 4.71. The van der Waals surface area contributed by atoms with Gasteiger partial charge in [0.2, 0.25) is 0 Å². The van der Waals surface area contributed by atoms with E-state index in [4.69, 9.17) is 0 Å². The molecule has 1 aliphatic carbocycles. The Hall–Kier alpha value is -0.130. The van der Waals surface area contributed by atoms with E-state index in [1.165, 1.54) is 25.7 Å². The molecule has 2 aliphatic rings. The van der Waals surface area contributed by atoms with Crippen molar-refractivity contribution in [1.29, 1.82) is 0 Å². The standard InChI is InChI=1S/C15H30N2O2S/c1-15(2)7-4-14(5-8-15)17(3)10-6-13-12-20(18,19)11-9-16-13/h13-14,16H,4-12H2,1-3H3. The van der Waals surface area contributed by atoms with Crippen LogP contribution in [0, 0.1) is 5.41 Å². The Balaban J connectivity index is 1.74. The van der Waals surface area contributed by atoms with E-state index in [0.717, 1.165) is 13.0 Å². The van der Waals surface area contributed by atoms with E-state index in [-0.39, 0.29) is 6.04 Å². The van der Waals surface area contributed by atoms with Gasteiger partial charge in [-0.05, 0) is 51.1 Å². The van der Waals surface area contributed by atoms with E-state index in [1.807, 2.05) is 0 Å². The van der Waals surface area contributed by atoms with Crippen LogP contribution in [-0.4, -0.2) is 57.0 Å². The fourth-order valence-corrected chi connectivity index (χ4v) is 4.91. The summed E-state index contributed by atoms with van der Waals surface area (Å²) in [5.74, 6) is 0.621. The van der Waals surface area contributed by atoms with Crippen molar-refractivity contribution < 1.29 is 8.42 Å². The minimum Gasteiger partial charge on any atom is -0.312 e. The van der Waals surface area contributed by atoms with Crippen molar-refractivity contribution >= 4 is 9.84 Å². The fraction of sp³-hybridized carbons (Fsp3) is 1.00. The number of hydrogen-bond donors (Lipinski definition) is 1. The van der Waals surface area contributed by atoms with Gasteiger partial charge in [-0.15, -0.1) is 0 Å². The summed E-state index contributed by atoms with van der Waals surface area (Å²) in [5, 5.41) is 3.34. The summed E-state index contributed by atoms with van der Waals surface area (Å²) in [6, 6.07) is 0.833. The third-order valence-electron chi connectivity index (χ3n) is 5.06. The first-order valence-electron chi connectivity index (χ1n) is 7.91. The van der Waals surface area contributed by atoms with Gasteiger partial charge < -0.3 is 10.2 Å². The van der Waals surface area contributed by atoms with Crippen LogP contribution in [0.15, 0.2) is 0 Å². The van der Waals surface area contributed by atoms with E-state index in [0.29, 0.717) is 29.5 Å². The van der Waals surface area contributed by atoms with Crippen LogP contribution in [0.2, 0.25) is 0 Å². The van der Waals surface area contributed by atoms with Gasteiger partial charge in [0, 0.05) is 18.6 Å². The Bertz CT molecular complexity index is 410. The van der Waals surface area contributed by atoms with Crippen LogP contribution in [0.1, 0.15) is 46.0 Å². The first kappa shape index (κ1) is 16.2. The molecule has 0 radical (unpaired) electrons. The first-order valence-corrected chi connectivity index (χ1v) is 9.74. The average molecular weight is 302 g/mol. The third-order valence-corrected chi connectivity index (χ3v) is 6.80. The van der Waals surface area contributed by atoms with Gasteiger partial charge in [0.15, 0.2) is 9.84 Å². The average Bonchev–Trinajstić information content (AvgIpc) is 2.35. The van der Waals surface area contributed by atoms with Gasteiger partial charge in [-0.2, -0.15) is 0 Å². The van der Waals surface area contributed by atoms with E-state index < -0.39 is 9.84 Å². The molecule has 1 heterocycles. The van der Waals surface area contributed by atoms with Gasteiger partial charge in [0.1, 0.15) is 0 Å². The summed E-state index contributed by atoms with van der Waals surface area (Å²) >= 11 is 0. The van der Waals surface area contributed by atoms with Crippen molar-refractivity contribution in [3.63, 3.8) is 0 Å². The molecule has 1 N–H and O–H groups in total. The van der Waals surface area contributed by atoms with Crippen LogP contribution in [0.25, 0.3) is 0 Å². The lowest BCUT2D eigenvalue weighted by Gasteiger charge is -2.39. The zero-order chi connectivity index (χ0) is 14.8. The van der Waals surface area contributed by atoms with Gasteiger partial charge in [-0.3, -0.25) is 0 Å². The van der Waals surface area contributed by atoms with Crippen LogP contribution >= 0.6 is 0 Å². The second-order valence-electron chi connectivity index (χ2n) is 7.43. The molecule has 0 bridgehead atoms. The molecular weight excluding hydrogens is 272 g/mol. The molecule has 0 aromatic rings. The Morgan fingerprint density at radius 2 is 1.90 bits per heavy atom. The second-order valence-corrected chi connectivity index (χ2v) is 9.66. The largest absolute Gasteiger partial charge is 0.312 e. The maximum atomic E-state index is 11.6. The molecule has 1 aliphatic heterocycles. The minimum absolute atomic E-state index is 0.149. The smallest absolute Gasteiger partial charge is 0.153 e. The normalized spacial score (nSPS) is 30.5. The highest BCUT2D eigenvalue weighted by atomic mass is 32.2. The Labute approximate surface area is 124 Å². The minimum atomic E-state index is -2.80. The van der Waals surface area contributed by atoms with Crippen molar-refractivity contribution in [3.8, 4) is 0 Å². The highest BCUT2D eigenvalue weighted by Crippen LogP contribution is 2.36. The van der Waals surface area contributed by atoms with Crippen molar-refractivity contribution in [1.82, 2.24) is 10.2 Å². The van der Waals surface area contributed by atoms with E-state index in [9.17, 15) is 8.42 Å². The van der Waals surface area contributed by atoms with Crippen molar-refractivity contribution in [3.05, 3.63) is 0 Å². The topological polar surface area (TPSA) is 49.4 Å². The Morgan fingerprint density at radius 1 is 1.25 bits per heavy atom. The second kappa shape index (κ2) is 6.32. The van der Waals surface area contributed by atoms with Gasteiger partial charge in [0.05, 0.1) is 11.5 Å². The first-order chi connectivity index (χ1) is 9.27. The molecule has 5 heteroatoms. The van der Waals surface area contributed by atoms with Gasteiger partial charge >= 0.3 is 0 Å². The van der Waals surface area contributed by atoms with Crippen LogP contribution in [0.4, 0.5) is 0 Å². The molecule has 4 nitrogen and oxygen atoms in total. The summed E-state index contributed by atoms with van der Waals surface area (Å²) in [5.41, 5.74) is 0.510. The zero-order valence-electron chi connectivity index (χ0n) is 13.2. The lowest BCUT2D eigenvalue weighted by atomic mass is 9.75. The fourth-order valence-electron chi connectivity index (χ4n) is 3.42. The summed E-state index contributed by atoms with van der Waals surface area (Å²) in [7, 11) is -0.606. The molecule has 0 amide bonds. The molecule has 2 rings (SSSR count). The number of sulfone groups is 1. The van der Waals surface area contributed by atoms with Crippen molar-refractivity contribution in [2.75, 3.05) is 31.6 Å². The zero-order valence-corrected chi connectivity index (χ0v) is 14.0. The van der Waals surface area contributed by atoms with Crippen molar-refractivity contribution in [2.45, 2.75) is 58.0 Å². The molecule has 20 heavy (non-hydrogen) atoms. The number of rotatable bonds is 4. The molecule has 118 valence electrons. The SMILES string of the molecule is CN(CCC1CS(=O)(=O)CCN1)C1CCC(C)(C)CC1. The Kier molecular flexibility index (Phi) is 5.14. The van der Waals surface area contributed by atoms with Crippen molar-refractivity contribution in [2.24, 2.45) is 5.41 Å². The maximum Gasteiger partial charge on any atom is 0.153 e. The Morgan fingerprint density at radius 3 is 2.50 bits per heavy atom. The highest BCUT2D eigenvalue weighted by Gasteiger charge is 2.29. The van der Waals surface area contributed by atoms with Crippen LogP contribution < -0.4 is 5.32 Å². The van der Waals surface area contributed by atoms with Gasteiger partial charge in [0.25, 0.3) is 0 Å². The van der Waals surface area contributed by atoms with Crippen LogP contribution in [-0.2, 0) is 9.84 Å². The quantitative estimate of drug-likeness (QED) is 0.858. The summed E-state index contributed by atoms with van der Waals surface area (Å²) in [4.78, 5) is 2.44. The molecule has 1 unspecified atom stereocenters. The lowest BCUT2D eigenvalue weighted by molar-refractivity contribution is 0.124. The molecule has 1 atom stereocenters. The predicted octanol–water partition coefficient (Wildman–Crippen LogP) is 1.66. The van der Waals surface area contributed by atoms with Gasteiger partial charge in [-0.1, -0.05) is 13.8 Å². The molecular formula is C15H30N2O2S. The lowest BCUT2D eigenvalue weighted by Crippen LogP contribution is -2.47. The molecule has 1 saturated carbocycles. The number of hydrogen-bond acceptors (Lipinski definition) is 4. The maximum absolute atomic E-state index is 11.6. The van der Waals surface area contributed by atoms with E-state index in [2.05, 4.69) is 31.1 Å². The summed E-state index contributed by atoms with van der Waals surface area (Å²) in [6.07, 6.45) is 6.10. The predicted molar refractivity (Wildman–Crippen MR) is 83.7 cm³/mol. The summed E-state index contributed by atoms with van der Waals surface area (Å²) < 4.78 is 23.3. The monoisotopic (exact) mass is 302 g/mol.